The van der Waals surface area contributed by atoms with Gasteiger partial charge in [0.25, 0.3) is 0 Å². The summed E-state index contributed by atoms with van der Waals surface area (Å²) >= 11 is 0. The largest absolute Gasteiger partial charge is 0.396 e. The van der Waals surface area contributed by atoms with Gasteiger partial charge in [-0.3, -0.25) is 0 Å². The van der Waals surface area contributed by atoms with Gasteiger partial charge in [0.05, 0.1) is 6.10 Å². The fourth-order valence-corrected chi connectivity index (χ4v) is 4.51. The van der Waals surface area contributed by atoms with Gasteiger partial charge in [0.15, 0.2) is 0 Å². The first-order valence-electron chi connectivity index (χ1n) is 7.67. The number of methoxy groups -OCH3 is 1. The second-order valence-electron chi connectivity index (χ2n) is 6.46. The molecule has 1 fully saturated rings. The molecule has 21 heavy (non-hydrogen) atoms. The molecule has 1 aliphatic carbocycles. The van der Waals surface area contributed by atoms with Crippen LogP contribution in [-0.2, 0) is 11.2 Å². The van der Waals surface area contributed by atoms with Crippen molar-refractivity contribution < 1.29 is 9.84 Å². The highest BCUT2D eigenvalue weighted by molar-refractivity contribution is 5.88. The third kappa shape index (κ3) is 1.79. The average molecular weight is 286 g/mol. The molecule has 1 saturated heterocycles. The molecule has 4 rings (SSSR count). The highest BCUT2D eigenvalue weighted by Gasteiger charge is 2.45. The number of likely N-dealkylation sites (N-methyl/N-ethyl adjacent to an activating group) is 1. The topological polar surface area (TPSA) is 48.5 Å². The number of hydrogen-bond acceptors (Lipinski definition) is 3. The Morgan fingerprint density at radius 3 is 3.05 bits per heavy atom. The number of ether oxygens (including phenoxy) is 1. The maximum Gasteiger partial charge on any atom is 0.0717 e. The Morgan fingerprint density at radius 2 is 2.29 bits per heavy atom. The van der Waals surface area contributed by atoms with Crippen molar-refractivity contribution in [3.63, 3.8) is 0 Å². The van der Waals surface area contributed by atoms with E-state index >= 15 is 0 Å². The number of aliphatic hydroxyl groups is 1. The van der Waals surface area contributed by atoms with Gasteiger partial charge in [0, 0.05) is 55.2 Å². The smallest absolute Gasteiger partial charge is 0.0717 e. The van der Waals surface area contributed by atoms with E-state index < -0.39 is 0 Å². The summed E-state index contributed by atoms with van der Waals surface area (Å²) in [7, 11) is 3.95. The minimum absolute atomic E-state index is 0.0878. The summed E-state index contributed by atoms with van der Waals surface area (Å²) in [5.74, 6) is 0.509. The molecular formula is C17H22N2O2. The maximum atomic E-state index is 9.74. The lowest BCUT2D eigenvalue weighted by Crippen LogP contribution is -2.56. The van der Waals surface area contributed by atoms with Gasteiger partial charge in [-0.25, -0.2) is 0 Å². The van der Waals surface area contributed by atoms with Gasteiger partial charge in [0.2, 0.25) is 0 Å². The summed E-state index contributed by atoms with van der Waals surface area (Å²) in [4.78, 5) is 5.79. The van der Waals surface area contributed by atoms with Crippen LogP contribution >= 0.6 is 0 Å². The Bertz CT molecular complexity index is 666. The normalized spacial score (nSPS) is 32.3. The van der Waals surface area contributed by atoms with Crippen LogP contribution in [0.15, 0.2) is 24.4 Å². The van der Waals surface area contributed by atoms with E-state index in [0.29, 0.717) is 12.0 Å². The number of H-pyrrole nitrogens is 1. The highest BCUT2D eigenvalue weighted by Crippen LogP contribution is 2.45. The van der Waals surface area contributed by atoms with E-state index in [9.17, 15) is 5.11 Å². The average Bonchev–Trinajstić information content (AvgIpc) is 2.92. The Labute approximate surface area is 124 Å². The number of rotatable bonds is 2. The molecule has 0 bridgehead atoms. The van der Waals surface area contributed by atoms with Crippen molar-refractivity contribution >= 4 is 10.9 Å². The van der Waals surface area contributed by atoms with E-state index in [2.05, 4.69) is 41.3 Å². The molecule has 4 atom stereocenters. The molecule has 1 aliphatic heterocycles. The number of aliphatic hydroxyl groups excluding tert-OH is 1. The molecule has 4 heteroatoms. The van der Waals surface area contributed by atoms with E-state index in [1.54, 1.807) is 7.11 Å². The van der Waals surface area contributed by atoms with Gasteiger partial charge in [-0.05, 0) is 30.7 Å². The first kappa shape index (κ1) is 13.3. The van der Waals surface area contributed by atoms with Crippen molar-refractivity contribution in [1.29, 1.82) is 0 Å². The number of benzene rings is 1. The first-order chi connectivity index (χ1) is 10.2. The molecule has 0 saturated carbocycles. The zero-order chi connectivity index (χ0) is 14.6. The van der Waals surface area contributed by atoms with Crippen molar-refractivity contribution in [3.05, 3.63) is 35.5 Å². The molecule has 2 N–H and O–H groups in total. The number of likely N-dealkylation sites (tertiary alicyclic amines) is 1. The fourth-order valence-electron chi connectivity index (χ4n) is 4.51. The maximum absolute atomic E-state index is 9.74. The number of nitrogens with one attached hydrogen (secondary N) is 1. The number of aromatic nitrogens is 1. The Kier molecular flexibility index (Phi) is 3.06. The quantitative estimate of drug-likeness (QED) is 0.884. The van der Waals surface area contributed by atoms with Gasteiger partial charge < -0.3 is 19.7 Å². The third-order valence-electron chi connectivity index (χ3n) is 5.44. The Balaban J connectivity index is 1.90. The van der Waals surface area contributed by atoms with E-state index in [1.807, 2.05) is 0 Å². The van der Waals surface area contributed by atoms with Crippen molar-refractivity contribution in [2.24, 2.45) is 5.92 Å². The van der Waals surface area contributed by atoms with Crippen LogP contribution < -0.4 is 0 Å². The standard InChI is InChI=1S/C17H22N2O2/c1-19-8-11(9-20)17(21-2)16-12-4-3-5-13-15(12)10(7-18-13)6-14(16)19/h3-5,7,11,14,16-18,20H,6,8-9H2,1-2H3/t11-,14?,16-,17?/m1/s1. The molecule has 2 aromatic rings. The fraction of sp³-hybridized carbons (Fsp3) is 0.529. The van der Waals surface area contributed by atoms with Crippen molar-refractivity contribution in [2.45, 2.75) is 24.5 Å². The Hall–Kier alpha value is -1.36. The van der Waals surface area contributed by atoms with Crippen LogP contribution in [0.25, 0.3) is 10.9 Å². The van der Waals surface area contributed by atoms with Crippen LogP contribution in [-0.4, -0.2) is 54.4 Å². The molecule has 0 amide bonds. The number of hydrogen-bond donors (Lipinski definition) is 2. The summed E-state index contributed by atoms with van der Waals surface area (Å²) in [5.41, 5.74) is 3.99. The van der Waals surface area contributed by atoms with Crippen molar-refractivity contribution in [3.8, 4) is 0 Å². The van der Waals surface area contributed by atoms with Crippen LogP contribution in [0.2, 0.25) is 0 Å². The molecule has 2 aliphatic rings. The number of nitrogens with zero attached hydrogens (tertiary/aromatic N) is 1. The number of aromatic amines is 1. The van der Waals surface area contributed by atoms with Crippen LogP contribution in [0, 0.1) is 5.92 Å². The second-order valence-corrected chi connectivity index (χ2v) is 6.46. The molecule has 2 unspecified atom stereocenters. The molecular weight excluding hydrogens is 264 g/mol. The zero-order valence-electron chi connectivity index (χ0n) is 12.5. The zero-order valence-corrected chi connectivity index (χ0v) is 12.5. The number of fused-ring (bicyclic) bond motifs is 2. The summed E-state index contributed by atoms with van der Waals surface area (Å²) in [6, 6.07) is 6.94. The third-order valence-corrected chi connectivity index (χ3v) is 5.44. The predicted molar refractivity (Wildman–Crippen MR) is 82.5 cm³/mol. The predicted octanol–water partition coefficient (Wildman–Crippen LogP) is 1.75. The minimum atomic E-state index is 0.0878. The van der Waals surface area contributed by atoms with Crippen molar-refractivity contribution in [2.75, 3.05) is 27.3 Å². The first-order valence-corrected chi connectivity index (χ1v) is 7.67. The molecule has 0 spiro atoms. The van der Waals surface area contributed by atoms with E-state index in [-0.39, 0.29) is 18.6 Å². The van der Waals surface area contributed by atoms with Crippen molar-refractivity contribution in [1.82, 2.24) is 9.88 Å². The second kappa shape index (κ2) is 4.83. The van der Waals surface area contributed by atoms with Gasteiger partial charge >= 0.3 is 0 Å². The summed E-state index contributed by atoms with van der Waals surface area (Å²) < 4.78 is 5.84. The van der Waals surface area contributed by atoms with E-state index in [4.69, 9.17) is 4.74 Å². The van der Waals surface area contributed by atoms with Gasteiger partial charge in [-0.2, -0.15) is 0 Å². The van der Waals surface area contributed by atoms with Crippen LogP contribution in [0.1, 0.15) is 17.0 Å². The SMILES string of the molecule is COC1[C@@H](CO)CN(C)C2Cc3c[nH]c4cccc(c34)[C@@H]12. The summed E-state index contributed by atoms with van der Waals surface area (Å²) in [6.07, 6.45) is 3.29. The summed E-state index contributed by atoms with van der Waals surface area (Å²) in [6.45, 7) is 1.08. The van der Waals surface area contributed by atoms with Gasteiger partial charge in [0.1, 0.15) is 0 Å². The lowest BCUT2D eigenvalue weighted by atomic mass is 9.70. The Morgan fingerprint density at radius 1 is 1.43 bits per heavy atom. The van der Waals surface area contributed by atoms with E-state index in [1.165, 1.54) is 22.0 Å². The molecule has 0 radical (unpaired) electrons. The van der Waals surface area contributed by atoms with Crippen LogP contribution in [0.4, 0.5) is 0 Å². The van der Waals surface area contributed by atoms with Gasteiger partial charge in [-0.1, -0.05) is 12.1 Å². The molecule has 1 aromatic carbocycles. The number of piperidine rings is 1. The highest BCUT2D eigenvalue weighted by atomic mass is 16.5. The van der Waals surface area contributed by atoms with Crippen LogP contribution in [0.5, 0.6) is 0 Å². The monoisotopic (exact) mass is 286 g/mol. The van der Waals surface area contributed by atoms with E-state index in [0.717, 1.165) is 13.0 Å². The van der Waals surface area contributed by atoms with Crippen LogP contribution in [0.3, 0.4) is 0 Å². The summed E-state index contributed by atoms with van der Waals surface area (Å²) in [5, 5.41) is 11.1. The lowest BCUT2D eigenvalue weighted by Gasteiger charge is -2.49. The molecule has 112 valence electrons. The molecule has 1 aromatic heterocycles. The molecule has 4 nitrogen and oxygen atoms in total. The van der Waals surface area contributed by atoms with Gasteiger partial charge in [-0.15, -0.1) is 0 Å². The molecule has 2 heterocycles. The lowest BCUT2D eigenvalue weighted by molar-refractivity contribution is -0.0604. The minimum Gasteiger partial charge on any atom is -0.396 e.